The van der Waals surface area contributed by atoms with Gasteiger partial charge in [-0.1, -0.05) is 58.3 Å². The smallest absolute Gasteiger partial charge is 0.550 e. The first-order valence-corrected chi connectivity index (χ1v) is 9.66. The molecule has 0 fully saturated rings. The first kappa shape index (κ1) is 27.1. The number of carboxylic acid groups (broad SMARTS) is 1. The molecule has 1 unspecified atom stereocenters. The Kier molecular flexibility index (Phi) is 21.9. The van der Waals surface area contributed by atoms with Crippen LogP contribution in [0.3, 0.4) is 0 Å². The maximum absolute atomic E-state index is 11.6. The van der Waals surface area contributed by atoms with Gasteiger partial charge in [-0.05, 0) is 26.2 Å². The maximum atomic E-state index is 11.6. The minimum absolute atomic E-state index is 0. The van der Waals surface area contributed by atoms with Crippen LogP contribution in [-0.2, 0) is 14.3 Å². The van der Waals surface area contributed by atoms with E-state index in [-0.39, 0.29) is 54.5 Å². The van der Waals surface area contributed by atoms with Gasteiger partial charge in [-0.2, -0.15) is 0 Å². The molecule has 0 aromatic rings. The Morgan fingerprint density at radius 1 is 0.920 bits per heavy atom. The van der Waals surface area contributed by atoms with Crippen molar-refractivity contribution in [1.82, 2.24) is 5.32 Å². The number of ether oxygens (including phenoxy) is 1. The zero-order valence-electron chi connectivity index (χ0n) is 16.6. The van der Waals surface area contributed by atoms with Crippen molar-refractivity contribution in [3.63, 3.8) is 0 Å². The fourth-order valence-corrected chi connectivity index (χ4v) is 2.59. The van der Waals surface area contributed by atoms with E-state index in [1.54, 1.807) is 0 Å². The molecule has 0 heterocycles. The molecule has 5 nitrogen and oxygen atoms in total. The fourth-order valence-electron chi connectivity index (χ4n) is 2.59. The van der Waals surface area contributed by atoms with Crippen LogP contribution in [0.2, 0.25) is 0 Å². The van der Waals surface area contributed by atoms with Crippen molar-refractivity contribution >= 4 is 11.9 Å². The van der Waals surface area contributed by atoms with Crippen LogP contribution in [0.4, 0.5) is 0 Å². The fraction of sp³-hybridized carbons (Fsp3) is 0.895. The monoisotopic (exact) mass is 365 g/mol. The molecule has 0 saturated heterocycles. The minimum atomic E-state index is -1.08. The second kappa shape index (κ2) is 20.2. The Bertz CT molecular complexity index is 327. The van der Waals surface area contributed by atoms with E-state index in [4.69, 9.17) is 4.74 Å². The molecular weight excluding hydrogens is 329 g/mol. The molecule has 25 heavy (non-hydrogen) atoms. The number of carbonyl (C=O) groups excluding carboxylic acids is 2. The van der Waals surface area contributed by atoms with Gasteiger partial charge in [0.25, 0.3) is 0 Å². The van der Waals surface area contributed by atoms with Gasteiger partial charge in [0.05, 0.1) is 12.5 Å². The van der Waals surface area contributed by atoms with E-state index >= 15 is 0 Å². The van der Waals surface area contributed by atoms with Crippen LogP contribution in [0.15, 0.2) is 0 Å². The molecule has 0 aliphatic carbocycles. The summed E-state index contributed by atoms with van der Waals surface area (Å²) in [6.45, 7) is 4.94. The minimum Gasteiger partial charge on any atom is -0.550 e. The molecule has 1 N–H and O–H groups in total. The molecule has 0 aliphatic heterocycles. The first-order chi connectivity index (χ1) is 11.6. The number of hydrogen-bond acceptors (Lipinski definition) is 5. The summed E-state index contributed by atoms with van der Waals surface area (Å²) in [5.41, 5.74) is 0. The number of carbonyl (C=O) groups is 2. The Labute approximate surface area is 176 Å². The van der Waals surface area contributed by atoms with Gasteiger partial charge in [0.15, 0.2) is 0 Å². The van der Waals surface area contributed by atoms with E-state index < -0.39 is 5.97 Å². The summed E-state index contributed by atoms with van der Waals surface area (Å²) in [5.74, 6) is -1.31. The molecule has 0 aromatic heterocycles. The topological polar surface area (TPSA) is 78.5 Å². The number of carboxylic acids is 1. The molecule has 0 bridgehead atoms. The average molecular weight is 365 g/mol. The molecule has 6 heteroatoms. The van der Waals surface area contributed by atoms with Gasteiger partial charge in [-0.3, -0.25) is 4.79 Å². The average Bonchev–Trinajstić information content (AvgIpc) is 2.52. The standard InChI is InChI=1S/C19H37NO4.Na/c1-3-4-5-6-7-8-9-10-11-12-17(2)24-19(23)14-16-20-15-13-18(21)22;/h17,20H,3-16H2,1-2H3,(H,21,22);/q;+1/p-1. The quantitative estimate of drug-likeness (QED) is 0.222. The molecule has 1 atom stereocenters. The molecular formula is C19H36NNaO4. The van der Waals surface area contributed by atoms with Crippen LogP contribution in [-0.4, -0.2) is 31.1 Å². The normalized spacial score (nSPS) is 11.6. The summed E-state index contributed by atoms with van der Waals surface area (Å²) in [6.07, 6.45) is 12.7. The van der Waals surface area contributed by atoms with Crippen molar-refractivity contribution in [3.05, 3.63) is 0 Å². The van der Waals surface area contributed by atoms with Crippen molar-refractivity contribution in [2.75, 3.05) is 13.1 Å². The van der Waals surface area contributed by atoms with Gasteiger partial charge >= 0.3 is 35.5 Å². The van der Waals surface area contributed by atoms with Crippen LogP contribution in [0.25, 0.3) is 0 Å². The largest absolute Gasteiger partial charge is 1.00 e. The zero-order chi connectivity index (χ0) is 18.0. The summed E-state index contributed by atoms with van der Waals surface area (Å²) in [7, 11) is 0. The maximum Gasteiger partial charge on any atom is 1.00 e. The second-order valence-corrected chi connectivity index (χ2v) is 6.54. The summed E-state index contributed by atoms with van der Waals surface area (Å²) in [6, 6.07) is 0. The predicted octanol–water partition coefficient (Wildman–Crippen LogP) is -0.0373. The number of nitrogens with one attached hydrogen (secondary N) is 1. The first-order valence-electron chi connectivity index (χ1n) is 9.66. The van der Waals surface area contributed by atoms with Gasteiger partial charge in [-0.15, -0.1) is 0 Å². The second-order valence-electron chi connectivity index (χ2n) is 6.54. The molecule has 0 amide bonds. The van der Waals surface area contributed by atoms with Crippen LogP contribution in [0.1, 0.15) is 90.9 Å². The van der Waals surface area contributed by atoms with Crippen LogP contribution in [0, 0.1) is 0 Å². The SMILES string of the molecule is CCCCCCCCCCCC(C)OC(=O)CCNCCC(=O)[O-].[Na+]. The Morgan fingerprint density at radius 3 is 2.00 bits per heavy atom. The molecule has 0 rings (SSSR count). The summed E-state index contributed by atoms with van der Waals surface area (Å²) in [4.78, 5) is 21.8. The summed E-state index contributed by atoms with van der Waals surface area (Å²) >= 11 is 0. The number of rotatable bonds is 17. The van der Waals surface area contributed by atoms with Crippen LogP contribution in [0.5, 0.6) is 0 Å². The Hall–Kier alpha value is -0.100. The number of aliphatic carboxylic acids is 1. The predicted molar refractivity (Wildman–Crippen MR) is 94.5 cm³/mol. The van der Waals surface area contributed by atoms with Gasteiger partial charge in [-0.25, -0.2) is 0 Å². The van der Waals surface area contributed by atoms with Crippen LogP contribution >= 0.6 is 0 Å². The van der Waals surface area contributed by atoms with Gasteiger partial charge in [0.1, 0.15) is 0 Å². The van der Waals surface area contributed by atoms with Gasteiger partial charge in [0, 0.05) is 19.1 Å². The molecule has 0 spiro atoms. The van der Waals surface area contributed by atoms with E-state index in [2.05, 4.69) is 12.2 Å². The number of esters is 1. The van der Waals surface area contributed by atoms with Crippen molar-refractivity contribution in [2.45, 2.75) is 97.0 Å². The Balaban J connectivity index is 0. The number of unbranched alkanes of at least 4 members (excludes halogenated alkanes) is 8. The molecule has 0 aliphatic rings. The van der Waals surface area contributed by atoms with E-state index in [1.807, 2.05) is 6.92 Å². The third-order valence-electron chi connectivity index (χ3n) is 4.06. The van der Waals surface area contributed by atoms with Crippen molar-refractivity contribution in [2.24, 2.45) is 0 Å². The van der Waals surface area contributed by atoms with Crippen LogP contribution < -0.4 is 40.0 Å². The molecule has 0 aromatic carbocycles. The van der Waals surface area contributed by atoms with E-state index in [1.165, 1.54) is 51.4 Å². The van der Waals surface area contributed by atoms with E-state index in [0.29, 0.717) is 13.1 Å². The molecule has 142 valence electrons. The third-order valence-corrected chi connectivity index (χ3v) is 4.06. The summed E-state index contributed by atoms with van der Waals surface area (Å²) < 4.78 is 5.34. The van der Waals surface area contributed by atoms with Crippen molar-refractivity contribution in [1.29, 1.82) is 0 Å². The third kappa shape index (κ3) is 21.9. The number of hydrogen-bond donors (Lipinski definition) is 1. The van der Waals surface area contributed by atoms with Gasteiger partial charge < -0.3 is 20.0 Å². The molecule has 0 radical (unpaired) electrons. The molecule has 0 saturated carbocycles. The van der Waals surface area contributed by atoms with Gasteiger partial charge in [0.2, 0.25) is 0 Å². The summed E-state index contributed by atoms with van der Waals surface area (Å²) in [5, 5.41) is 13.1. The van der Waals surface area contributed by atoms with E-state index in [9.17, 15) is 14.7 Å². The zero-order valence-corrected chi connectivity index (χ0v) is 18.6. The van der Waals surface area contributed by atoms with Crippen molar-refractivity contribution in [3.8, 4) is 0 Å². The van der Waals surface area contributed by atoms with E-state index in [0.717, 1.165) is 12.8 Å². The Morgan fingerprint density at radius 2 is 1.44 bits per heavy atom. The van der Waals surface area contributed by atoms with Crippen molar-refractivity contribution < 1.29 is 49.0 Å².